The van der Waals surface area contributed by atoms with Crippen molar-refractivity contribution < 1.29 is 14.6 Å². The van der Waals surface area contributed by atoms with Crippen molar-refractivity contribution >= 4 is 5.69 Å². The van der Waals surface area contributed by atoms with Crippen molar-refractivity contribution in [1.29, 1.82) is 0 Å². The van der Waals surface area contributed by atoms with Crippen molar-refractivity contribution in [2.24, 2.45) is 0 Å². The maximum atomic E-state index is 9.31. The highest BCUT2D eigenvalue weighted by molar-refractivity contribution is 5.41. The predicted molar refractivity (Wildman–Crippen MR) is 110 cm³/mol. The molecule has 5 heteroatoms. The number of aliphatic hydroxyl groups excluding tert-OH is 1. The Hall–Kier alpha value is -1.92. The molecule has 0 bridgehead atoms. The fourth-order valence-corrected chi connectivity index (χ4v) is 4.17. The minimum Gasteiger partial charge on any atom is -0.399 e. The molecule has 2 aliphatic heterocycles. The van der Waals surface area contributed by atoms with Crippen LogP contribution in [0.4, 0.5) is 5.69 Å². The average molecular weight is 383 g/mol. The molecular formula is C23H30N2O3. The number of nitrogens with two attached hydrogens (primary N) is 1. The zero-order valence-corrected chi connectivity index (χ0v) is 16.3. The van der Waals surface area contributed by atoms with Crippen molar-refractivity contribution in [3.8, 4) is 0 Å². The number of nitrogens with zero attached hydrogens (tertiary/aromatic N) is 1. The van der Waals surface area contributed by atoms with E-state index in [0.717, 1.165) is 42.7 Å². The fourth-order valence-electron chi connectivity index (χ4n) is 4.17. The number of likely N-dealkylation sites (tertiary alicyclic amines) is 1. The number of hydrogen-bond donors (Lipinski definition) is 2. The first-order chi connectivity index (χ1) is 13.7. The summed E-state index contributed by atoms with van der Waals surface area (Å²) in [6.07, 6.45) is 4.35. The van der Waals surface area contributed by atoms with E-state index >= 15 is 0 Å². The Labute approximate surface area is 167 Å². The van der Waals surface area contributed by atoms with Crippen LogP contribution in [0.15, 0.2) is 48.5 Å². The van der Waals surface area contributed by atoms with Gasteiger partial charge in [-0.25, -0.2) is 0 Å². The maximum absolute atomic E-state index is 9.31. The molecule has 2 fully saturated rings. The molecule has 0 amide bonds. The van der Waals surface area contributed by atoms with E-state index < -0.39 is 6.29 Å². The highest BCUT2D eigenvalue weighted by atomic mass is 16.7. The van der Waals surface area contributed by atoms with Crippen molar-refractivity contribution in [3.05, 3.63) is 65.2 Å². The number of benzene rings is 2. The third-order valence-corrected chi connectivity index (χ3v) is 5.71. The number of piperidine rings is 1. The summed E-state index contributed by atoms with van der Waals surface area (Å²) in [4.78, 5) is 2.52. The van der Waals surface area contributed by atoms with Crippen LogP contribution in [-0.2, 0) is 16.1 Å². The minimum absolute atomic E-state index is 0.0392. The van der Waals surface area contributed by atoms with Gasteiger partial charge in [-0.3, -0.25) is 0 Å². The van der Waals surface area contributed by atoms with Crippen molar-refractivity contribution in [3.63, 3.8) is 0 Å². The van der Waals surface area contributed by atoms with E-state index in [1.54, 1.807) is 0 Å². The summed E-state index contributed by atoms with van der Waals surface area (Å²) < 4.78 is 12.7. The zero-order chi connectivity index (χ0) is 19.3. The predicted octanol–water partition coefficient (Wildman–Crippen LogP) is 3.79. The van der Waals surface area contributed by atoms with Crippen molar-refractivity contribution in [2.75, 3.05) is 25.4 Å². The standard InChI is InChI=1S/C23H30N2O3/c24-20-6-4-5-19(13-20)23-27-21(15-25-11-2-1-3-12-25)14-22(28-23)18-9-7-17(16-26)8-10-18/h4-10,13,21-23,26H,1-3,11-12,14-16,24H2/t21-,22+,23+/m1/s1. The SMILES string of the molecule is Nc1cccc([C@H]2O[C@@H](CN3CCCCC3)C[C@@H](c3ccc(CO)cc3)O2)c1. The number of rotatable bonds is 5. The van der Waals surface area contributed by atoms with Gasteiger partial charge >= 0.3 is 0 Å². The van der Waals surface area contributed by atoms with Crippen LogP contribution in [0, 0.1) is 0 Å². The number of nitrogen functional groups attached to an aromatic ring is 1. The Bertz CT molecular complexity index is 759. The van der Waals surface area contributed by atoms with Gasteiger partial charge in [0.1, 0.15) is 0 Å². The molecular weight excluding hydrogens is 352 g/mol. The summed E-state index contributed by atoms with van der Waals surface area (Å²) >= 11 is 0. The molecule has 0 saturated carbocycles. The van der Waals surface area contributed by atoms with Crippen LogP contribution in [0.25, 0.3) is 0 Å². The second kappa shape index (κ2) is 9.05. The lowest BCUT2D eigenvalue weighted by molar-refractivity contribution is -0.253. The first-order valence-corrected chi connectivity index (χ1v) is 10.3. The minimum atomic E-state index is -0.422. The van der Waals surface area contributed by atoms with E-state index in [4.69, 9.17) is 15.2 Å². The summed E-state index contributed by atoms with van der Waals surface area (Å²) in [6.45, 7) is 3.30. The molecule has 0 aromatic heterocycles. The van der Waals surface area contributed by atoms with Crippen molar-refractivity contribution in [2.45, 2.75) is 50.8 Å². The summed E-state index contributed by atoms with van der Waals surface area (Å²) in [7, 11) is 0. The quantitative estimate of drug-likeness (QED) is 0.770. The summed E-state index contributed by atoms with van der Waals surface area (Å²) in [5, 5.41) is 9.31. The number of anilines is 1. The van der Waals surface area contributed by atoms with Crippen LogP contribution >= 0.6 is 0 Å². The van der Waals surface area contributed by atoms with E-state index in [-0.39, 0.29) is 18.8 Å². The van der Waals surface area contributed by atoms with Crippen LogP contribution < -0.4 is 5.73 Å². The van der Waals surface area contributed by atoms with Crippen molar-refractivity contribution in [1.82, 2.24) is 4.90 Å². The van der Waals surface area contributed by atoms with E-state index in [9.17, 15) is 5.11 Å². The molecule has 2 heterocycles. The normalized spacial score (nSPS) is 26.2. The van der Waals surface area contributed by atoms with E-state index in [2.05, 4.69) is 17.0 Å². The number of aliphatic hydroxyl groups is 1. The lowest BCUT2D eigenvalue weighted by Crippen LogP contribution is -2.41. The second-order valence-electron chi connectivity index (χ2n) is 7.88. The van der Waals surface area contributed by atoms with Gasteiger partial charge in [0.2, 0.25) is 0 Å². The molecule has 5 nitrogen and oxygen atoms in total. The van der Waals surface area contributed by atoms with E-state index in [1.807, 2.05) is 36.4 Å². The third-order valence-electron chi connectivity index (χ3n) is 5.71. The molecule has 0 aliphatic carbocycles. The van der Waals surface area contributed by atoms with Gasteiger partial charge in [0.05, 0.1) is 18.8 Å². The molecule has 0 spiro atoms. The Morgan fingerprint density at radius 3 is 2.46 bits per heavy atom. The second-order valence-corrected chi connectivity index (χ2v) is 7.88. The van der Waals surface area contributed by atoms with Gasteiger partial charge in [-0.05, 0) is 49.2 Å². The van der Waals surface area contributed by atoms with Gasteiger partial charge in [0.25, 0.3) is 0 Å². The molecule has 2 aliphatic rings. The fraction of sp³-hybridized carbons (Fsp3) is 0.478. The van der Waals surface area contributed by atoms with Crippen LogP contribution in [0.5, 0.6) is 0 Å². The van der Waals surface area contributed by atoms with Crippen LogP contribution in [0.3, 0.4) is 0 Å². The van der Waals surface area contributed by atoms with Gasteiger partial charge in [0.15, 0.2) is 6.29 Å². The van der Waals surface area contributed by atoms with Crippen LogP contribution in [-0.4, -0.2) is 35.7 Å². The Balaban J connectivity index is 1.54. The lowest BCUT2D eigenvalue weighted by Gasteiger charge is -2.39. The summed E-state index contributed by atoms with van der Waals surface area (Å²) in [6, 6.07) is 15.8. The summed E-state index contributed by atoms with van der Waals surface area (Å²) in [5.74, 6) is 0. The molecule has 3 N–H and O–H groups in total. The average Bonchev–Trinajstić information content (AvgIpc) is 2.74. The molecule has 0 unspecified atom stereocenters. The van der Waals surface area contributed by atoms with Gasteiger partial charge in [-0.15, -0.1) is 0 Å². The van der Waals surface area contributed by atoms with E-state index in [0.29, 0.717) is 5.69 Å². The highest BCUT2D eigenvalue weighted by Gasteiger charge is 2.33. The third kappa shape index (κ3) is 4.73. The topological polar surface area (TPSA) is 68.0 Å². The van der Waals surface area contributed by atoms with E-state index in [1.165, 1.54) is 19.3 Å². The maximum Gasteiger partial charge on any atom is 0.185 e. The molecule has 0 radical (unpaired) electrons. The molecule has 2 aromatic carbocycles. The first kappa shape index (κ1) is 19.4. The monoisotopic (exact) mass is 382 g/mol. The molecule has 2 saturated heterocycles. The molecule has 2 aromatic rings. The summed E-state index contributed by atoms with van der Waals surface area (Å²) in [5.41, 5.74) is 9.69. The Morgan fingerprint density at radius 2 is 1.75 bits per heavy atom. The molecule has 28 heavy (non-hydrogen) atoms. The first-order valence-electron chi connectivity index (χ1n) is 10.3. The van der Waals surface area contributed by atoms with Gasteiger partial charge < -0.3 is 25.2 Å². The number of ether oxygens (including phenoxy) is 2. The molecule has 3 atom stereocenters. The lowest BCUT2D eigenvalue weighted by atomic mass is 9.99. The van der Waals surface area contributed by atoms with Crippen LogP contribution in [0.1, 0.15) is 54.8 Å². The molecule has 4 rings (SSSR count). The smallest absolute Gasteiger partial charge is 0.185 e. The zero-order valence-electron chi connectivity index (χ0n) is 16.3. The highest BCUT2D eigenvalue weighted by Crippen LogP contribution is 2.38. The van der Waals surface area contributed by atoms with Gasteiger partial charge in [-0.2, -0.15) is 0 Å². The Morgan fingerprint density at radius 1 is 0.964 bits per heavy atom. The van der Waals surface area contributed by atoms with Gasteiger partial charge in [0, 0.05) is 24.2 Å². The van der Waals surface area contributed by atoms with Crippen LogP contribution in [0.2, 0.25) is 0 Å². The molecule has 150 valence electrons. The largest absolute Gasteiger partial charge is 0.399 e. The Kier molecular flexibility index (Phi) is 6.27. The van der Waals surface area contributed by atoms with Gasteiger partial charge in [-0.1, -0.05) is 42.8 Å². The number of hydrogen-bond acceptors (Lipinski definition) is 5.